The maximum absolute atomic E-state index is 3.48. The van der Waals surface area contributed by atoms with Crippen LogP contribution in [0.5, 0.6) is 0 Å². The third kappa shape index (κ3) is 3.26. The molecule has 2 rings (SSSR count). The zero-order valence-electron chi connectivity index (χ0n) is 10.2. The van der Waals surface area contributed by atoms with Crippen LogP contribution in [0.25, 0.3) is 0 Å². The van der Waals surface area contributed by atoms with E-state index in [0.717, 1.165) is 11.8 Å². The summed E-state index contributed by atoms with van der Waals surface area (Å²) in [5, 5.41) is 4.29. The summed E-state index contributed by atoms with van der Waals surface area (Å²) in [5.41, 5.74) is 1.55. The van der Waals surface area contributed by atoms with Crippen LogP contribution in [0.3, 0.4) is 0 Å². The van der Waals surface area contributed by atoms with Gasteiger partial charge in [-0.1, -0.05) is 32.0 Å². The Balaban J connectivity index is 1.71. The first-order valence-electron chi connectivity index (χ1n) is 6.23. The standard InChI is InChI=1S/C14H21NS/c1-11(2)15-9-5-7-13-10-12-6-3-4-8-14(12)16-13/h3-4,6,8,11,13,15H,5,7,9-10H2,1-2H3. The van der Waals surface area contributed by atoms with Crippen molar-refractivity contribution in [3.05, 3.63) is 29.8 Å². The van der Waals surface area contributed by atoms with Crippen LogP contribution in [0.2, 0.25) is 0 Å². The van der Waals surface area contributed by atoms with Crippen molar-refractivity contribution in [3.8, 4) is 0 Å². The van der Waals surface area contributed by atoms with Crippen molar-refractivity contribution in [1.29, 1.82) is 0 Å². The highest BCUT2D eigenvalue weighted by Crippen LogP contribution is 2.38. The smallest absolute Gasteiger partial charge is 0.0136 e. The Kier molecular flexibility index (Phi) is 4.30. The number of thioether (sulfide) groups is 1. The van der Waals surface area contributed by atoms with Gasteiger partial charge >= 0.3 is 0 Å². The molecule has 16 heavy (non-hydrogen) atoms. The first kappa shape index (κ1) is 12.0. The molecule has 0 radical (unpaired) electrons. The van der Waals surface area contributed by atoms with Gasteiger partial charge in [0.05, 0.1) is 0 Å². The summed E-state index contributed by atoms with van der Waals surface area (Å²) < 4.78 is 0. The van der Waals surface area contributed by atoms with E-state index in [1.54, 1.807) is 5.56 Å². The number of hydrogen-bond acceptors (Lipinski definition) is 2. The summed E-state index contributed by atoms with van der Waals surface area (Å²) in [6.45, 7) is 5.57. The number of hydrogen-bond donors (Lipinski definition) is 1. The lowest BCUT2D eigenvalue weighted by Crippen LogP contribution is -2.24. The molecular weight excluding hydrogens is 214 g/mol. The number of fused-ring (bicyclic) bond motifs is 1. The minimum atomic E-state index is 0.619. The van der Waals surface area contributed by atoms with Crippen molar-refractivity contribution < 1.29 is 0 Å². The van der Waals surface area contributed by atoms with Crippen LogP contribution in [0, 0.1) is 0 Å². The maximum Gasteiger partial charge on any atom is 0.0136 e. The molecule has 0 fully saturated rings. The largest absolute Gasteiger partial charge is 0.315 e. The molecule has 1 atom stereocenters. The molecule has 1 nitrogen and oxygen atoms in total. The summed E-state index contributed by atoms with van der Waals surface area (Å²) in [6, 6.07) is 9.45. The monoisotopic (exact) mass is 235 g/mol. The van der Waals surface area contributed by atoms with Crippen molar-refractivity contribution in [2.75, 3.05) is 6.54 Å². The Morgan fingerprint density at radius 2 is 2.19 bits per heavy atom. The van der Waals surface area contributed by atoms with Gasteiger partial charge in [0.1, 0.15) is 0 Å². The highest BCUT2D eigenvalue weighted by atomic mass is 32.2. The highest BCUT2D eigenvalue weighted by Gasteiger charge is 2.20. The van der Waals surface area contributed by atoms with Crippen LogP contribution in [0.1, 0.15) is 32.3 Å². The normalized spacial score (nSPS) is 19.1. The molecule has 0 aliphatic carbocycles. The van der Waals surface area contributed by atoms with E-state index in [1.165, 1.54) is 24.2 Å². The van der Waals surface area contributed by atoms with Gasteiger partial charge in [0, 0.05) is 16.2 Å². The Bertz CT molecular complexity index is 310. The lowest BCUT2D eigenvalue weighted by molar-refractivity contribution is 0.553. The van der Waals surface area contributed by atoms with Gasteiger partial charge in [-0.05, 0) is 37.4 Å². The van der Waals surface area contributed by atoms with Crippen LogP contribution in [0.15, 0.2) is 29.2 Å². The summed E-state index contributed by atoms with van der Waals surface area (Å²) >= 11 is 2.07. The van der Waals surface area contributed by atoms with Crippen molar-refractivity contribution in [3.63, 3.8) is 0 Å². The highest BCUT2D eigenvalue weighted by molar-refractivity contribution is 8.00. The van der Waals surface area contributed by atoms with E-state index in [2.05, 4.69) is 55.2 Å². The lowest BCUT2D eigenvalue weighted by atomic mass is 10.1. The van der Waals surface area contributed by atoms with Gasteiger partial charge in [0.2, 0.25) is 0 Å². The second kappa shape index (κ2) is 5.74. The Labute approximate surface area is 103 Å². The predicted molar refractivity (Wildman–Crippen MR) is 72.2 cm³/mol. The van der Waals surface area contributed by atoms with Gasteiger partial charge in [0.15, 0.2) is 0 Å². The van der Waals surface area contributed by atoms with Crippen molar-refractivity contribution in [2.24, 2.45) is 0 Å². The Morgan fingerprint density at radius 3 is 2.94 bits per heavy atom. The molecule has 0 amide bonds. The van der Waals surface area contributed by atoms with Crippen molar-refractivity contribution in [1.82, 2.24) is 5.32 Å². The molecule has 2 heteroatoms. The quantitative estimate of drug-likeness (QED) is 0.784. The van der Waals surface area contributed by atoms with Crippen LogP contribution >= 0.6 is 11.8 Å². The second-order valence-electron chi connectivity index (χ2n) is 4.80. The summed E-state index contributed by atoms with van der Waals surface area (Å²) in [5.74, 6) is 0. The lowest BCUT2D eigenvalue weighted by Gasteiger charge is -2.10. The molecule has 1 aliphatic heterocycles. The molecule has 1 N–H and O–H groups in total. The first-order chi connectivity index (χ1) is 7.75. The summed E-state index contributed by atoms with van der Waals surface area (Å²) in [7, 11) is 0. The first-order valence-corrected chi connectivity index (χ1v) is 7.11. The molecule has 0 saturated heterocycles. The summed E-state index contributed by atoms with van der Waals surface area (Å²) in [4.78, 5) is 1.50. The second-order valence-corrected chi connectivity index (χ2v) is 6.14. The van der Waals surface area contributed by atoms with Crippen LogP contribution < -0.4 is 5.32 Å². The summed E-state index contributed by atoms with van der Waals surface area (Å²) in [6.07, 6.45) is 3.89. The fourth-order valence-corrected chi connectivity index (χ4v) is 3.50. The van der Waals surface area contributed by atoms with Gasteiger partial charge in [0.25, 0.3) is 0 Å². The molecule has 1 unspecified atom stereocenters. The van der Waals surface area contributed by atoms with Gasteiger partial charge in [-0.3, -0.25) is 0 Å². The zero-order chi connectivity index (χ0) is 11.4. The maximum atomic E-state index is 3.48. The van der Waals surface area contributed by atoms with E-state index in [-0.39, 0.29) is 0 Å². The number of rotatable bonds is 5. The minimum Gasteiger partial charge on any atom is -0.315 e. The average Bonchev–Trinajstić information content (AvgIpc) is 2.66. The third-order valence-electron chi connectivity index (χ3n) is 2.97. The molecule has 0 bridgehead atoms. The van der Waals surface area contributed by atoms with Gasteiger partial charge < -0.3 is 5.32 Å². The van der Waals surface area contributed by atoms with Crippen LogP contribution in [-0.2, 0) is 6.42 Å². The molecule has 1 aromatic carbocycles. The van der Waals surface area contributed by atoms with Gasteiger partial charge in [-0.15, -0.1) is 11.8 Å². The van der Waals surface area contributed by atoms with Crippen molar-refractivity contribution in [2.45, 2.75) is 49.3 Å². The molecule has 1 aliphatic rings. The van der Waals surface area contributed by atoms with E-state index in [1.807, 2.05) is 0 Å². The zero-order valence-corrected chi connectivity index (χ0v) is 11.0. The Hall–Kier alpha value is -0.470. The van der Waals surface area contributed by atoms with Gasteiger partial charge in [-0.25, -0.2) is 0 Å². The van der Waals surface area contributed by atoms with E-state index >= 15 is 0 Å². The Morgan fingerprint density at radius 1 is 1.38 bits per heavy atom. The predicted octanol–water partition coefficient (Wildman–Crippen LogP) is 3.48. The number of benzene rings is 1. The fraction of sp³-hybridized carbons (Fsp3) is 0.571. The van der Waals surface area contributed by atoms with E-state index in [9.17, 15) is 0 Å². The number of nitrogens with one attached hydrogen (secondary N) is 1. The third-order valence-corrected chi connectivity index (χ3v) is 4.36. The molecular formula is C14H21NS. The fourth-order valence-electron chi connectivity index (χ4n) is 2.14. The van der Waals surface area contributed by atoms with Gasteiger partial charge in [-0.2, -0.15) is 0 Å². The van der Waals surface area contributed by atoms with Crippen LogP contribution in [0.4, 0.5) is 0 Å². The average molecular weight is 235 g/mol. The topological polar surface area (TPSA) is 12.0 Å². The van der Waals surface area contributed by atoms with Crippen LogP contribution in [-0.4, -0.2) is 17.8 Å². The SMILES string of the molecule is CC(C)NCCCC1Cc2ccccc2S1. The molecule has 88 valence electrons. The molecule has 1 heterocycles. The van der Waals surface area contributed by atoms with Crippen molar-refractivity contribution >= 4 is 11.8 Å². The molecule has 0 spiro atoms. The molecule has 1 aromatic rings. The minimum absolute atomic E-state index is 0.619. The van der Waals surface area contributed by atoms with E-state index in [0.29, 0.717) is 6.04 Å². The van der Waals surface area contributed by atoms with E-state index in [4.69, 9.17) is 0 Å². The molecule has 0 aromatic heterocycles. The van der Waals surface area contributed by atoms with E-state index < -0.39 is 0 Å². The molecule has 0 saturated carbocycles.